The summed E-state index contributed by atoms with van der Waals surface area (Å²) in [6.07, 6.45) is 2.27. The van der Waals surface area contributed by atoms with Gasteiger partial charge in [-0.2, -0.15) is 0 Å². The van der Waals surface area contributed by atoms with Gasteiger partial charge in [-0.05, 0) is 47.2 Å². The molecule has 3 aromatic carbocycles. The van der Waals surface area contributed by atoms with Crippen LogP contribution in [0.5, 0.6) is 0 Å². The van der Waals surface area contributed by atoms with Crippen molar-refractivity contribution in [2.45, 2.75) is 45.2 Å². The van der Waals surface area contributed by atoms with E-state index in [2.05, 4.69) is 36.5 Å². The van der Waals surface area contributed by atoms with Gasteiger partial charge >= 0.3 is 0 Å². The van der Waals surface area contributed by atoms with Gasteiger partial charge in [0.2, 0.25) is 11.8 Å². The highest BCUT2D eigenvalue weighted by atomic mass is 35.5. The topological polar surface area (TPSA) is 49.4 Å². The molecule has 0 bridgehead atoms. The molecule has 0 aliphatic carbocycles. The molecule has 6 heteroatoms. The van der Waals surface area contributed by atoms with Gasteiger partial charge in [0.15, 0.2) is 0 Å². The maximum Gasteiger partial charge on any atom is 0.242 e. The Hall–Kier alpha value is -2.82. The molecule has 0 unspecified atom stereocenters. The molecule has 1 atom stereocenters. The smallest absolute Gasteiger partial charge is 0.242 e. The Kier molecular flexibility index (Phi) is 9.55. The molecule has 0 spiro atoms. The molecule has 0 aliphatic rings. The lowest BCUT2D eigenvalue weighted by atomic mass is 10.0. The van der Waals surface area contributed by atoms with Crippen molar-refractivity contribution in [3.8, 4) is 0 Å². The largest absolute Gasteiger partial charge is 0.357 e. The summed E-state index contributed by atoms with van der Waals surface area (Å²) in [5.74, 6) is -0.315. The summed E-state index contributed by atoms with van der Waals surface area (Å²) in [6, 6.07) is 22.5. The third kappa shape index (κ3) is 7.09. The van der Waals surface area contributed by atoms with Crippen LogP contribution < -0.4 is 5.32 Å². The van der Waals surface area contributed by atoms with E-state index in [9.17, 15) is 9.59 Å². The van der Waals surface area contributed by atoms with Crippen LogP contribution >= 0.6 is 23.2 Å². The number of nitrogens with zero attached hydrogens (tertiary/aromatic N) is 1. The molecule has 3 aromatic rings. The minimum Gasteiger partial charge on any atom is -0.357 e. The highest BCUT2D eigenvalue weighted by Crippen LogP contribution is 2.24. The van der Waals surface area contributed by atoms with E-state index in [1.807, 2.05) is 30.3 Å². The molecule has 0 fully saturated rings. The van der Waals surface area contributed by atoms with Crippen LogP contribution in [0.1, 0.15) is 35.6 Å². The average molecular weight is 497 g/mol. The van der Waals surface area contributed by atoms with E-state index in [-0.39, 0.29) is 18.4 Å². The Morgan fingerprint density at radius 3 is 2.21 bits per heavy atom. The number of nitrogens with one attached hydrogen (secondary N) is 1. The second-order valence-electron chi connectivity index (χ2n) is 8.25. The van der Waals surface area contributed by atoms with Crippen molar-refractivity contribution in [3.05, 3.63) is 105 Å². The van der Waals surface area contributed by atoms with Gasteiger partial charge in [0.05, 0.1) is 0 Å². The van der Waals surface area contributed by atoms with Gasteiger partial charge in [0, 0.05) is 36.5 Å². The van der Waals surface area contributed by atoms with Crippen molar-refractivity contribution in [2.24, 2.45) is 0 Å². The number of halogens is 2. The zero-order valence-corrected chi connectivity index (χ0v) is 21.1. The van der Waals surface area contributed by atoms with Crippen molar-refractivity contribution >= 4 is 35.0 Å². The Balaban J connectivity index is 1.88. The number of likely N-dealkylation sites (N-methyl/N-ethyl adjacent to an activating group) is 1. The number of aryl methyl sites for hydroxylation is 2. The van der Waals surface area contributed by atoms with Crippen LogP contribution in [0, 0.1) is 0 Å². The maximum absolute atomic E-state index is 13.6. The predicted molar refractivity (Wildman–Crippen MR) is 139 cm³/mol. The monoisotopic (exact) mass is 496 g/mol. The van der Waals surface area contributed by atoms with E-state index in [1.54, 1.807) is 30.1 Å². The molecule has 0 saturated heterocycles. The fourth-order valence-electron chi connectivity index (χ4n) is 3.89. The molecule has 3 rings (SSSR count). The minimum atomic E-state index is -0.672. The predicted octanol–water partition coefficient (Wildman–Crippen LogP) is 5.87. The van der Waals surface area contributed by atoms with Crippen molar-refractivity contribution in [3.63, 3.8) is 0 Å². The Morgan fingerprint density at radius 2 is 1.59 bits per heavy atom. The van der Waals surface area contributed by atoms with Crippen molar-refractivity contribution in [1.29, 1.82) is 0 Å². The lowest BCUT2D eigenvalue weighted by Gasteiger charge is -2.31. The summed E-state index contributed by atoms with van der Waals surface area (Å²) in [5.41, 5.74) is 4.08. The molecule has 0 aromatic heterocycles. The third-order valence-electron chi connectivity index (χ3n) is 5.93. The van der Waals surface area contributed by atoms with E-state index in [0.29, 0.717) is 29.3 Å². The number of hydrogen-bond donors (Lipinski definition) is 1. The molecule has 1 N–H and O–H groups in total. The molecule has 4 nitrogen and oxygen atoms in total. The highest BCUT2D eigenvalue weighted by molar-refractivity contribution is 6.35. The van der Waals surface area contributed by atoms with Gasteiger partial charge < -0.3 is 10.2 Å². The average Bonchev–Trinajstić information content (AvgIpc) is 2.86. The van der Waals surface area contributed by atoms with E-state index < -0.39 is 6.04 Å². The summed E-state index contributed by atoms with van der Waals surface area (Å²) >= 11 is 12.5. The van der Waals surface area contributed by atoms with Crippen LogP contribution in [0.2, 0.25) is 10.0 Å². The van der Waals surface area contributed by atoms with E-state index in [1.165, 1.54) is 5.56 Å². The highest BCUT2D eigenvalue weighted by Gasteiger charge is 2.30. The first-order valence-electron chi connectivity index (χ1n) is 11.5. The zero-order chi connectivity index (χ0) is 24.5. The van der Waals surface area contributed by atoms with Gasteiger partial charge in [-0.15, -0.1) is 0 Å². The summed E-state index contributed by atoms with van der Waals surface area (Å²) in [4.78, 5) is 28.2. The fourth-order valence-corrected chi connectivity index (χ4v) is 4.36. The lowest BCUT2D eigenvalue weighted by molar-refractivity contribution is -0.141. The number of benzene rings is 3. The molecule has 0 radical (unpaired) electrons. The summed E-state index contributed by atoms with van der Waals surface area (Å²) in [7, 11) is 1.59. The van der Waals surface area contributed by atoms with Crippen LogP contribution in [0.15, 0.2) is 72.8 Å². The number of hydrogen-bond acceptors (Lipinski definition) is 2. The Bertz CT molecular complexity index is 1100. The van der Waals surface area contributed by atoms with E-state index in [4.69, 9.17) is 23.2 Å². The quantitative estimate of drug-likeness (QED) is 0.381. The van der Waals surface area contributed by atoms with Gasteiger partial charge in [-0.3, -0.25) is 9.59 Å². The number of carbonyl (C=O) groups is 2. The van der Waals surface area contributed by atoms with Gasteiger partial charge in [0.1, 0.15) is 6.04 Å². The summed E-state index contributed by atoms with van der Waals surface area (Å²) in [6.45, 7) is 2.33. The van der Waals surface area contributed by atoms with E-state index in [0.717, 1.165) is 23.1 Å². The van der Waals surface area contributed by atoms with Crippen LogP contribution in [0.3, 0.4) is 0 Å². The molecular weight excluding hydrogens is 467 g/mol. The van der Waals surface area contributed by atoms with Crippen molar-refractivity contribution < 1.29 is 9.59 Å². The van der Waals surface area contributed by atoms with Gasteiger partial charge in [-0.1, -0.05) is 90.8 Å². The van der Waals surface area contributed by atoms with Gasteiger partial charge in [0.25, 0.3) is 0 Å². The number of rotatable bonds is 10. The van der Waals surface area contributed by atoms with Crippen LogP contribution in [0.4, 0.5) is 0 Å². The second-order valence-corrected chi connectivity index (χ2v) is 9.09. The first-order valence-corrected chi connectivity index (χ1v) is 12.2. The van der Waals surface area contributed by atoms with Crippen molar-refractivity contribution in [2.75, 3.05) is 7.05 Å². The van der Waals surface area contributed by atoms with E-state index >= 15 is 0 Å². The Morgan fingerprint density at radius 1 is 0.912 bits per heavy atom. The summed E-state index contributed by atoms with van der Waals surface area (Å²) in [5, 5.41) is 3.72. The number of carbonyl (C=O) groups excluding carboxylic acids is 2. The fraction of sp³-hybridized carbons (Fsp3) is 0.286. The maximum atomic E-state index is 13.6. The molecule has 0 aliphatic heterocycles. The van der Waals surface area contributed by atoms with Crippen molar-refractivity contribution in [1.82, 2.24) is 10.2 Å². The van der Waals surface area contributed by atoms with Crippen LogP contribution in [-0.4, -0.2) is 29.8 Å². The first kappa shape index (κ1) is 25.8. The minimum absolute atomic E-state index is 0.102. The molecule has 0 saturated carbocycles. The molecule has 2 amide bonds. The number of amides is 2. The molecular formula is C28H30Cl2N2O2. The molecule has 34 heavy (non-hydrogen) atoms. The van der Waals surface area contributed by atoms with Gasteiger partial charge in [-0.25, -0.2) is 0 Å². The van der Waals surface area contributed by atoms with Crippen LogP contribution in [-0.2, 0) is 35.4 Å². The Labute approximate surface area is 211 Å². The standard InChI is InChI=1S/C28H30Cl2N2O2/c1-3-20-9-11-21(12-10-20)13-16-27(33)32(19-23-14-15-24(29)18-25(23)30)26(28(34)31-2)17-22-7-5-4-6-8-22/h4-12,14-15,18,26H,3,13,16-17,19H2,1-2H3,(H,31,34)/t26-/m1/s1. The SMILES string of the molecule is CCc1ccc(CCC(=O)N(Cc2ccc(Cl)cc2Cl)[C@H](Cc2ccccc2)C(=O)NC)cc1. The normalized spacial score (nSPS) is 11.6. The zero-order valence-electron chi connectivity index (χ0n) is 19.6. The lowest BCUT2D eigenvalue weighted by Crippen LogP contribution is -2.49. The summed E-state index contributed by atoms with van der Waals surface area (Å²) < 4.78 is 0. The second kappa shape index (κ2) is 12.6. The third-order valence-corrected chi connectivity index (χ3v) is 6.52. The molecule has 178 valence electrons. The van der Waals surface area contributed by atoms with Crippen LogP contribution in [0.25, 0.3) is 0 Å². The molecule has 0 heterocycles. The first-order chi connectivity index (χ1) is 16.4.